The Bertz CT molecular complexity index is 123. The lowest BCUT2D eigenvalue weighted by Crippen LogP contribution is -2.30. The molecule has 0 saturated heterocycles. The second kappa shape index (κ2) is 5.15. The van der Waals surface area contributed by atoms with Gasteiger partial charge < -0.3 is 5.11 Å². The molecule has 0 aromatic rings. The van der Waals surface area contributed by atoms with Crippen molar-refractivity contribution >= 4 is 0 Å². The molecule has 0 fully saturated rings. The second-order valence-corrected chi connectivity index (χ2v) is 2.16. The van der Waals surface area contributed by atoms with Crippen LogP contribution in [-0.4, -0.2) is 42.9 Å². The molecule has 0 radical (unpaired) electrons. The van der Waals surface area contributed by atoms with Gasteiger partial charge in [-0.15, -0.1) is 0 Å². The van der Waals surface area contributed by atoms with Gasteiger partial charge in [0.25, 0.3) is 0 Å². The van der Waals surface area contributed by atoms with Crippen molar-refractivity contribution in [2.45, 2.75) is 6.10 Å². The average molecular weight is 146 g/mol. The van der Waals surface area contributed by atoms with E-state index in [1.54, 1.807) is 11.9 Å². The Hall–Kier alpha value is -0.660. The molecular formula is C6H11FN2O. The monoisotopic (exact) mass is 146 g/mol. The van der Waals surface area contributed by atoms with E-state index < -0.39 is 12.8 Å². The van der Waals surface area contributed by atoms with Crippen molar-refractivity contribution in [2.75, 3.05) is 26.8 Å². The normalized spacial score (nSPS) is 13.1. The Kier molecular flexibility index (Phi) is 4.81. The highest BCUT2D eigenvalue weighted by molar-refractivity contribution is 4.75. The molecule has 1 unspecified atom stereocenters. The van der Waals surface area contributed by atoms with Crippen molar-refractivity contribution in [2.24, 2.45) is 0 Å². The summed E-state index contributed by atoms with van der Waals surface area (Å²) in [6, 6.07) is 1.89. The van der Waals surface area contributed by atoms with Gasteiger partial charge in [-0.3, -0.25) is 4.90 Å². The van der Waals surface area contributed by atoms with Gasteiger partial charge in [0.05, 0.1) is 18.7 Å². The van der Waals surface area contributed by atoms with Crippen LogP contribution in [0.4, 0.5) is 4.39 Å². The van der Waals surface area contributed by atoms with E-state index in [1.165, 1.54) is 0 Å². The fourth-order valence-corrected chi connectivity index (χ4v) is 0.594. The van der Waals surface area contributed by atoms with Gasteiger partial charge in [0, 0.05) is 6.54 Å². The molecule has 0 aromatic carbocycles. The van der Waals surface area contributed by atoms with Gasteiger partial charge in [-0.25, -0.2) is 4.39 Å². The highest BCUT2D eigenvalue weighted by Crippen LogP contribution is 1.88. The number of nitriles is 1. The molecular weight excluding hydrogens is 135 g/mol. The maximum Gasteiger partial charge on any atom is 0.117 e. The first kappa shape index (κ1) is 9.34. The summed E-state index contributed by atoms with van der Waals surface area (Å²) in [7, 11) is 1.65. The number of likely N-dealkylation sites (N-methyl/N-ethyl adjacent to an activating group) is 1. The molecule has 10 heavy (non-hydrogen) atoms. The Morgan fingerprint density at radius 3 is 2.80 bits per heavy atom. The number of aliphatic hydroxyl groups is 1. The van der Waals surface area contributed by atoms with Crippen LogP contribution in [0, 0.1) is 11.3 Å². The highest BCUT2D eigenvalue weighted by atomic mass is 19.1. The minimum atomic E-state index is -0.960. The van der Waals surface area contributed by atoms with E-state index in [2.05, 4.69) is 0 Å². The number of halogens is 1. The van der Waals surface area contributed by atoms with Crippen LogP contribution >= 0.6 is 0 Å². The lowest BCUT2D eigenvalue weighted by Gasteiger charge is -2.14. The highest BCUT2D eigenvalue weighted by Gasteiger charge is 2.05. The molecule has 0 heterocycles. The predicted molar refractivity (Wildman–Crippen MR) is 35.1 cm³/mol. The topological polar surface area (TPSA) is 47.3 Å². The zero-order valence-corrected chi connectivity index (χ0v) is 5.92. The molecule has 1 N–H and O–H groups in total. The lowest BCUT2D eigenvalue weighted by atomic mass is 10.3. The van der Waals surface area contributed by atoms with Gasteiger partial charge >= 0.3 is 0 Å². The molecule has 0 saturated carbocycles. The Morgan fingerprint density at radius 2 is 2.40 bits per heavy atom. The van der Waals surface area contributed by atoms with E-state index in [0.717, 1.165) is 0 Å². The maximum atomic E-state index is 11.6. The van der Waals surface area contributed by atoms with Crippen molar-refractivity contribution in [3.05, 3.63) is 0 Å². The molecule has 1 atom stereocenters. The molecule has 4 heteroatoms. The number of nitrogens with zero attached hydrogens (tertiary/aromatic N) is 2. The number of aliphatic hydroxyl groups excluding tert-OH is 1. The fourth-order valence-electron chi connectivity index (χ4n) is 0.594. The van der Waals surface area contributed by atoms with E-state index in [4.69, 9.17) is 10.4 Å². The summed E-state index contributed by atoms with van der Waals surface area (Å²) in [5.41, 5.74) is 0. The van der Waals surface area contributed by atoms with Crippen LogP contribution in [0.5, 0.6) is 0 Å². The van der Waals surface area contributed by atoms with Gasteiger partial charge in [-0.05, 0) is 7.05 Å². The fraction of sp³-hybridized carbons (Fsp3) is 0.833. The van der Waals surface area contributed by atoms with Crippen LogP contribution in [0.3, 0.4) is 0 Å². The molecule has 0 spiro atoms. The summed E-state index contributed by atoms with van der Waals surface area (Å²) in [5.74, 6) is 0. The quantitative estimate of drug-likeness (QED) is 0.557. The molecule has 0 rings (SSSR count). The molecule has 58 valence electrons. The van der Waals surface area contributed by atoms with E-state index in [1.807, 2.05) is 6.07 Å². The Labute approximate surface area is 59.7 Å². The van der Waals surface area contributed by atoms with Crippen LogP contribution in [0.2, 0.25) is 0 Å². The van der Waals surface area contributed by atoms with Crippen LogP contribution in [0.15, 0.2) is 0 Å². The lowest BCUT2D eigenvalue weighted by molar-refractivity contribution is 0.105. The minimum Gasteiger partial charge on any atom is -0.389 e. The predicted octanol–water partition coefficient (Wildman–Crippen LogP) is -0.228. The van der Waals surface area contributed by atoms with Gasteiger partial charge in [0.1, 0.15) is 6.67 Å². The summed E-state index contributed by atoms with van der Waals surface area (Å²) in [5, 5.41) is 16.9. The molecule has 0 aromatic heterocycles. The van der Waals surface area contributed by atoms with E-state index >= 15 is 0 Å². The molecule has 3 nitrogen and oxygen atoms in total. The smallest absolute Gasteiger partial charge is 0.117 e. The van der Waals surface area contributed by atoms with Gasteiger partial charge in [0.15, 0.2) is 0 Å². The molecule has 0 aliphatic rings. The van der Waals surface area contributed by atoms with Gasteiger partial charge in [0.2, 0.25) is 0 Å². The third kappa shape index (κ3) is 4.24. The first-order valence-electron chi connectivity index (χ1n) is 3.00. The van der Waals surface area contributed by atoms with Crippen LogP contribution < -0.4 is 0 Å². The zero-order chi connectivity index (χ0) is 7.98. The first-order chi connectivity index (χ1) is 4.70. The molecule has 0 aliphatic heterocycles. The summed E-state index contributed by atoms with van der Waals surface area (Å²) in [6.45, 7) is -0.323. The SMILES string of the molecule is CN(CC#N)CC(O)CF. The third-order valence-corrected chi connectivity index (χ3v) is 1.04. The van der Waals surface area contributed by atoms with Crippen molar-refractivity contribution < 1.29 is 9.50 Å². The third-order valence-electron chi connectivity index (χ3n) is 1.04. The first-order valence-corrected chi connectivity index (χ1v) is 3.00. The van der Waals surface area contributed by atoms with E-state index in [-0.39, 0.29) is 13.1 Å². The number of hydrogen-bond acceptors (Lipinski definition) is 3. The Balaban J connectivity index is 3.38. The number of hydrogen-bond donors (Lipinski definition) is 1. The minimum absolute atomic E-state index is 0.212. The summed E-state index contributed by atoms with van der Waals surface area (Å²) in [4.78, 5) is 1.56. The summed E-state index contributed by atoms with van der Waals surface area (Å²) >= 11 is 0. The zero-order valence-electron chi connectivity index (χ0n) is 5.92. The molecule has 0 amide bonds. The second-order valence-electron chi connectivity index (χ2n) is 2.16. The molecule has 0 aliphatic carbocycles. The summed E-state index contributed by atoms with van der Waals surface area (Å²) < 4.78 is 11.6. The van der Waals surface area contributed by atoms with Crippen molar-refractivity contribution in [1.29, 1.82) is 5.26 Å². The van der Waals surface area contributed by atoms with Crippen LogP contribution in [0.1, 0.15) is 0 Å². The van der Waals surface area contributed by atoms with E-state index in [0.29, 0.717) is 0 Å². The Morgan fingerprint density at radius 1 is 1.80 bits per heavy atom. The standard InChI is InChI=1S/C6H11FN2O/c1-9(3-2-8)5-6(10)4-7/h6,10H,3-5H2,1H3. The number of rotatable bonds is 4. The van der Waals surface area contributed by atoms with Gasteiger partial charge in [-0.1, -0.05) is 0 Å². The summed E-state index contributed by atoms with van der Waals surface area (Å²) in [6.07, 6.45) is -0.960. The molecule has 0 bridgehead atoms. The average Bonchev–Trinajstić information content (AvgIpc) is 1.88. The van der Waals surface area contributed by atoms with Crippen molar-refractivity contribution in [3.8, 4) is 6.07 Å². The number of alkyl halides is 1. The van der Waals surface area contributed by atoms with Gasteiger partial charge in [-0.2, -0.15) is 5.26 Å². The van der Waals surface area contributed by atoms with Crippen LogP contribution in [0.25, 0.3) is 0 Å². The van der Waals surface area contributed by atoms with Crippen molar-refractivity contribution in [3.63, 3.8) is 0 Å². The largest absolute Gasteiger partial charge is 0.389 e. The van der Waals surface area contributed by atoms with Crippen molar-refractivity contribution in [1.82, 2.24) is 4.90 Å². The van der Waals surface area contributed by atoms with E-state index in [9.17, 15) is 4.39 Å². The van der Waals surface area contributed by atoms with Crippen LogP contribution in [-0.2, 0) is 0 Å². The maximum absolute atomic E-state index is 11.6.